The Morgan fingerprint density at radius 3 is 2.65 bits per heavy atom. The number of anilines is 1. The lowest BCUT2D eigenvalue weighted by molar-refractivity contribution is 0.0699. The molecule has 1 aromatic heterocycles. The second kappa shape index (κ2) is 6.23. The molecule has 0 bridgehead atoms. The average Bonchev–Trinajstić information content (AvgIpc) is 2.97. The molecule has 6 nitrogen and oxygen atoms in total. The van der Waals surface area contributed by atoms with Gasteiger partial charge in [-0.2, -0.15) is 0 Å². The lowest BCUT2D eigenvalue weighted by atomic mass is 10.1. The molecule has 0 atom stereocenters. The van der Waals surface area contributed by atoms with Crippen LogP contribution in [-0.2, 0) is 11.3 Å². The number of benzene rings is 2. The first-order valence-electron chi connectivity index (χ1n) is 6.95. The van der Waals surface area contributed by atoms with Crippen LogP contribution in [-0.4, -0.2) is 22.2 Å². The van der Waals surface area contributed by atoms with Crippen LogP contribution in [0.5, 0.6) is 0 Å². The number of nitrogens with one attached hydrogen (secondary N) is 2. The Labute approximate surface area is 131 Å². The zero-order chi connectivity index (χ0) is 16.2. The third-order valence-electron chi connectivity index (χ3n) is 3.37. The number of rotatable bonds is 4. The van der Waals surface area contributed by atoms with Crippen LogP contribution in [0.1, 0.15) is 15.9 Å². The minimum Gasteiger partial charge on any atom is -0.478 e. The molecule has 0 saturated heterocycles. The lowest BCUT2D eigenvalue weighted by Gasteiger charge is -2.07. The van der Waals surface area contributed by atoms with E-state index in [2.05, 4.69) is 10.3 Å². The molecular weight excluding hydrogens is 296 g/mol. The topological polar surface area (TPSA) is 91.4 Å². The predicted octanol–water partition coefficient (Wildman–Crippen LogP) is 3.61. The van der Waals surface area contributed by atoms with E-state index < -0.39 is 12.1 Å². The number of fused-ring (bicyclic) bond motifs is 1. The highest BCUT2D eigenvalue weighted by molar-refractivity contribution is 6.04. The van der Waals surface area contributed by atoms with Crippen molar-refractivity contribution in [1.29, 1.82) is 0 Å². The summed E-state index contributed by atoms with van der Waals surface area (Å²) in [5.41, 5.74) is 2.24. The second-order valence-electron chi connectivity index (χ2n) is 4.95. The van der Waals surface area contributed by atoms with E-state index in [-0.39, 0.29) is 12.2 Å². The van der Waals surface area contributed by atoms with Crippen molar-refractivity contribution < 1.29 is 19.4 Å². The summed E-state index contributed by atoms with van der Waals surface area (Å²) in [4.78, 5) is 25.7. The van der Waals surface area contributed by atoms with Gasteiger partial charge in [0.15, 0.2) is 0 Å². The molecule has 6 heteroatoms. The Balaban J connectivity index is 1.66. The number of carbonyl (C=O) groups is 2. The van der Waals surface area contributed by atoms with E-state index in [1.807, 2.05) is 30.3 Å². The molecule has 23 heavy (non-hydrogen) atoms. The molecule has 2 aromatic carbocycles. The van der Waals surface area contributed by atoms with Gasteiger partial charge >= 0.3 is 12.1 Å². The Morgan fingerprint density at radius 1 is 1.13 bits per heavy atom. The van der Waals surface area contributed by atoms with E-state index in [1.165, 1.54) is 6.20 Å². The van der Waals surface area contributed by atoms with Crippen LogP contribution in [0.4, 0.5) is 10.5 Å². The highest BCUT2D eigenvalue weighted by atomic mass is 16.5. The number of carbonyl (C=O) groups excluding carboxylic acids is 1. The van der Waals surface area contributed by atoms with Crippen molar-refractivity contribution in [2.24, 2.45) is 0 Å². The Morgan fingerprint density at radius 2 is 1.91 bits per heavy atom. The zero-order valence-corrected chi connectivity index (χ0v) is 12.1. The number of hydrogen-bond acceptors (Lipinski definition) is 3. The molecule has 3 aromatic rings. The van der Waals surface area contributed by atoms with Gasteiger partial charge in [0.05, 0.1) is 5.56 Å². The summed E-state index contributed by atoms with van der Waals surface area (Å²) in [5, 5.41) is 12.3. The normalized spacial score (nSPS) is 10.4. The summed E-state index contributed by atoms with van der Waals surface area (Å²) in [6.45, 7) is 0.181. The first kappa shape index (κ1) is 14.6. The van der Waals surface area contributed by atoms with Crippen LogP contribution < -0.4 is 5.32 Å². The summed E-state index contributed by atoms with van der Waals surface area (Å²) in [7, 11) is 0. The number of ether oxygens (including phenoxy) is 1. The molecule has 1 amide bonds. The lowest BCUT2D eigenvalue weighted by Crippen LogP contribution is -2.13. The maximum Gasteiger partial charge on any atom is 0.411 e. The predicted molar refractivity (Wildman–Crippen MR) is 85.5 cm³/mol. The summed E-state index contributed by atoms with van der Waals surface area (Å²) in [6, 6.07) is 14.3. The standard InChI is InChI=1S/C17H14N2O4/c20-16(21)14-9-18-15-8-12(6-7-13(14)15)19-17(22)23-10-11-4-2-1-3-5-11/h1-9,18H,10H2,(H,19,22)(H,20,21). The highest BCUT2D eigenvalue weighted by Gasteiger charge is 2.11. The van der Waals surface area contributed by atoms with E-state index in [1.54, 1.807) is 18.2 Å². The SMILES string of the molecule is O=C(Nc1ccc2c(C(=O)O)c[nH]c2c1)OCc1ccccc1. The van der Waals surface area contributed by atoms with Crippen LogP contribution in [0.15, 0.2) is 54.7 Å². The van der Waals surface area contributed by atoms with Gasteiger partial charge in [0.2, 0.25) is 0 Å². The van der Waals surface area contributed by atoms with Crippen LogP contribution in [0, 0.1) is 0 Å². The van der Waals surface area contributed by atoms with Gasteiger partial charge < -0.3 is 14.8 Å². The number of amides is 1. The Hall–Kier alpha value is -3.28. The summed E-state index contributed by atoms with van der Waals surface area (Å²) in [5.74, 6) is -1.00. The van der Waals surface area contributed by atoms with E-state index in [0.717, 1.165) is 5.56 Å². The highest BCUT2D eigenvalue weighted by Crippen LogP contribution is 2.22. The maximum atomic E-state index is 11.8. The molecule has 0 aliphatic heterocycles. The first-order valence-corrected chi connectivity index (χ1v) is 6.95. The summed E-state index contributed by atoms with van der Waals surface area (Å²) >= 11 is 0. The third-order valence-corrected chi connectivity index (χ3v) is 3.37. The van der Waals surface area contributed by atoms with Crippen molar-refractivity contribution in [1.82, 2.24) is 4.98 Å². The average molecular weight is 310 g/mol. The van der Waals surface area contributed by atoms with Gasteiger partial charge in [-0.05, 0) is 23.8 Å². The van der Waals surface area contributed by atoms with Crippen LogP contribution in [0.3, 0.4) is 0 Å². The monoisotopic (exact) mass is 310 g/mol. The molecule has 3 rings (SSSR count). The van der Waals surface area contributed by atoms with E-state index in [9.17, 15) is 9.59 Å². The third kappa shape index (κ3) is 3.32. The van der Waals surface area contributed by atoms with Crippen molar-refractivity contribution in [3.05, 3.63) is 65.9 Å². The largest absolute Gasteiger partial charge is 0.478 e. The van der Waals surface area contributed by atoms with Crippen molar-refractivity contribution >= 4 is 28.7 Å². The molecule has 0 unspecified atom stereocenters. The fraction of sp³-hybridized carbons (Fsp3) is 0.0588. The van der Waals surface area contributed by atoms with Gasteiger partial charge in [0, 0.05) is 22.8 Å². The van der Waals surface area contributed by atoms with Gasteiger partial charge in [0.1, 0.15) is 6.61 Å². The number of hydrogen-bond donors (Lipinski definition) is 3. The van der Waals surface area contributed by atoms with Crippen LogP contribution in [0.2, 0.25) is 0 Å². The van der Waals surface area contributed by atoms with Crippen molar-refractivity contribution in [3.63, 3.8) is 0 Å². The molecule has 1 heterocycles. The van der Waals surface area contributed by atoms with Gasteiger partial charge in [-0.15, -0.1) is 0 Å². The Kier molecular flexibility index (Phi) is 3.97. The maximum absolute atomic E-state index is 11.8. The molecular formula is C17H14N2O4. The fourth-order valence-electron chi connectivity index (χ4n) is 2.26. The fourth-order valence-corrected chi connectivity index (χ4v) is 2.26. The van der Waals surface area contributed by atoms with Crippen molar-refractivity contribution in [3.8, 4) is 0 Å². The van der Waals surface area contributed by atoms with Gasteiger partial charge in [0.25, 0.3) is 0 Å². The van der Waals surface area contributed by atoms with Gasteiger partial charge in [-0.1, -0.05) is 30.3 Å². The molecule has 0 saturated carbocycles. The number of aromatic amines is 1. The zero-order valence-electron chi connectivity index (χ0n) is 12.1. The Bertz CT molecular complexity index is 855. The summed E-state index contributed by atoms with van der Waals surface area (Å²) in [6.07, 6.45) is 0.850. The van der Waals surface area contributed by atoms with E-state index >= 15 is 0 Å². The molecule has 0 fully saturated rings. The van der Waals surface area contributed by atoms with E-state index in [4.69, 9.17) is 9.84 Å². The molecule has 0 spiro atoms. The van der Waals surface area contributed by atoms with Gasteiger partial charge in [-0.3, -0.25) is 5.32 Å². The van der Waals surface area contributed by atoms with Crippen LogP contribution in [0.25, 0.3) is 10.9 Å². The number of carboxylic acid groups (broad SMARTS) is 1. The molecule has 0 aliphatic carbocycles. The number of H-pyrrole nitrogens is 1. The van der Waals surface area contributed by atoms with Gasteiger partial charge in [-0.25, -0.2) is 9.59 Å². The molecule has 3 N–H and O–H groups in total. The van der Waals surface area contributed by atoms with E-state index in [0.29, 0.717) is 16.6 Å². The minimum atomic E-state index is -1.00. The summed E-state index contributed by atoms with van der Waals surface area (Å²) < 4.78 is 5.13. The first-order chi connectivity index (χ1) is 11.1. The molecule has 0 radical (unpaired) electrons. The van der Waals surface area contributed by atoms with Crippen LogP contribution >= 0.6 is 0 Å². The van der Waals surface area contributed by atoms with Crippen molar-refractivity contribution in [2.45, 2.75) is 6.61 Å². The quantitative estimate of drug-likeness (QED) is 0.686. The van der Waals surface area contributed by atoms with Crippen molar-refractivity contribution in [2.75, 3.05) is 5.32 Å². The number of aromatic nitrogens is 1. The second-order valence-corrected chi connectivity index (χ2v) is 4.95. The minimum absolute atomic E-state index is 0.181. The smallest absolute Gasteiger partial charge is 0.411 e. The molecule has 0 aliphatic rings. The number of carboxylic acids is 1. The number of aromatic carboxylic acids is 1. The molecule has 116 valence electrons.